The third kappa shape index (κ3) is 3.79. The van der Waals surface area contributed by atoms with Gasteiger partial charge in [-0.15, -0.1) is 0 Å². The van der Waals surface area contributed by atoms with Crippen molar-refractivity contribution in [1.82, 2.24) is 5.32 Å². The smallest absolute Gasteiger partial charge is 0.128 e. The molecule has 1 N–H and O–H groups in total. The van der Waals surface area contributed by atoms with Crippen LogP contribution in [-0.4, -0.2) is 7.11 Å². The lowest BCUT2D eigenvalue weighted by molar-refractivity contribution is 0.405. The van der Waals surface area contributed by atoms with Crippen molar-refractivity contribution in [3.05, 3.63) is 64.7 Å². The monoisotopic (exact) mass is 291 g/mol. The van der Waals surface area contributed by atoms with Gasteiger partial charge >= 0.3 is 0 Å². The van der Waals surface area contributed by atoms with E-state index in [2.05, 4.69) is 5.32 Å². The second kappa shape index (κ2) is 6.68. The van der Waals surface area contributed by atoms with E-state index in [0.717, 1.165) is 29.0 Å². The first-order valence-corrected chi connectivity index (χ1v) is 6.83. The van der Waals surface area contributed by atoms with Crippen molar-refractivity contribution in [2.75, 3.05) is 7.11 Å². The summed E-state index contributed by atoms with van der Waals surface area (Å²) in [5.41, 5.74) is 2.43. The molecular weight excluding hydrogens is 272 g/mol. The fraction of sp³-hybridized carbons (Fsp3) is 0.294. The van der Waals surface area contributed by atoms with Crippen molar-refractivity contribution in [3.8, 4) is 5.75 Å². The van der Waals surface area contributed by atoms with Gasteiger partial charge in [0.25, 0.3) is 0 Å². The van der Waals surface area contributed by atoms with Crippen LogP contribution >= 0.6 is 0 Å². The Hall–Kier alpha value is -1.94. The summed E-state index contributed by atoms with van der Waals surface area (Å²) in [6.07, 6.45) is 0. The van der Waals surface area contributed by atoms with Crippen molar-refractivity contribution in [2.24, 2.45) is 0 Å². The van der Waals surface area contributed by atoms with Crippen molar-refractivity contribution in [3.63, 3.8) is 0 Å². The molecule has 0 radical (unpaired) electrons. The van der Waals surface area contributed by atoms with Crippen LogP contribution in [0.5, 0.6) is 5.75 Å². The van der Waals surface area contributed by atoms with E-state index in [4.69, 9.17) is 4.74 Å². The molecule has 2 aromatic rings. The zero-order valence-electron chi connectivity index (χ0n) is 12.4. The summed E-state index contributed by atoms with van der Waals surface area (Å²) in [7, 11) is 1.61. The lowest BCUT2D eigenvalue weighted by Gasteiger charge is -2.17. The van der Waals surface area contributed by atoms with Crippen LogP contribution in [0.25, 0.3) is 0 Å². The van der Waals surface area contributed by atoms with Gasteiger partial charge in [0.05, 0.1) is 7.11 Å². The molecule has 112 valence electrons. The van der Waals surface area contributed by atoms with Crippen molar-refractivity contribution < 1.29 is 13.5 Å². The standard InChI is InChI=1S/C17H19F2NO/c1-11-4-7-17(21-3)13(8-11)10-20-12(2)15-9-14(18)5-6-16(15)19/h4-9,12,20H,10H2,1-3H3. The molecule has 2 aromatic carbocycles. The van der Waals surface area contributed by atoms with E-state index in [1.54, 1.807) is 14.0 Å². The molecule has 0 spiro atoms. The third-order valence-corrected chi connectivity index (χ3v) is 3.46. The highest BCUT2D eigenvalue weighted by Gasteiger charge is 2.12. The number of rotatable bonds is 5. The molecule has 1 atom stereocenters. The summed E-state index contributed by atoms with van der Waals surface area (Å²) < 4.78 is 32.3. The van der Waals surface area contributed by atoms with Crippen LogP contribution < -0.4 is 10.1 Å². The Bertz CT molecular complexity index is 628. The maximum absolute atomic E-state index is 13.7. The van der Waals surface area contributed by atoms with Gasteiger partial charge in [-0.25, -0.2) is 8.78 Å². The molecule has 2 nitrogen and oxygen atoms in total. The van der Waals surface area contributed by atoms with Crippen molar-refractivity contribution >= 4 is 0 Å². The summed E-state index contributed by atoms with van der Waals surface area (Å²) >= 11 is 0. The maximum atomic E-state index is 13.7. The van der Waals surface area contributed by atoms with Gasteiger partial charge in [-0.05, 0) is 38.1 Å². The van der Waals surface area contributed by atoms with Crippen LogP contribution in [0.4, 0.5) is 8.78 Å². The number of benzene rings is 2. The topological polar surface area (TPSA) is 21.3 Å². The summed E-state index contributed by atoms with van der Waals surface area (Å²) in [5, 5.41) is 3.20. The second-order valence-electron chi connectivity index (χ2n) is 5.08. The summed E-state index contributed by atoms with van der Waals surface area (Å²) in [5.74, 6) is -0.0687. The van der Waals surface area contributed by atoms with E-state index >= 15 is 0 Å². The lowest BCUT2D eigenvalue weighted by atomic mass is 10.1. The highest BCUT2D eigenvalue weighted by atomic mass is 19.1. The highest BCUT2D eigenvalue weighted by Crippen LogP contribution is 2.22. The van der Waals surface area contributed by atoms with Gasteiger partial charge < -0.3 is 10.1 Å². The quantitative estimate of drug-likeness (QED) is 0.894. The van der Waals surface area contributed by atoms with Gasteiger partial charge in [0.1, 0.15) is 17.4 Å². The zero-order valence-corrected chi connectivity index (χ0v) is 12.4. The van der Waals surface area contributed by atoms with Gasteiger partial charge in [-0.2, -0.15) is 0 Å². The van der Waals surface area contributed by atoms with Crippen molar-refractivity contribution in [1.29, 1.82) is 0 Å². The van der Waals surface area contributed by atoms with E-state index < -0.39 is 11.6 Å². The molecule has 0 aliphatic heterocycles. The van der Waals surface area contributed by atoms with Gasteiger partial charge in [0.15, 0.2) is 0 Å². The molecule has 0 saturated carbocycles. The number of aryl methyl sites for hydroxylation is 1. The molecule has 0 aliphatic carbocycles. The van der Waals surface area contributed by atoms with Gasteiger partial charge in [-0.1, -0.05) is 17.7 Å². The molecule has 1 unspecified atom stereocenters. The molecule has 0 saturated heterocycles. The number of hydrogen-bond donors (Lipinski definition) is 1. The zero-order chi connectivity index (χ0) is 15.4. The van der Waals surface area contributed by atoms with Gasteiger partial charge in [0, 0.05) is 23.7 Å². The number of halogens is 2. The first-order chi connectivity index (χ1) is 10.0. The van der Waals surface area contributed by atoms with Gasteiger partial charge in [0.2, 0.25) is 0 Å². The number of ether oxygens (including phenoxy) is 1. The summed E-state index contributed by atoms with van der Waals surface area (Å²) in [4.78, 5) is 0. The summed E-state index contributed by atoms with van der Waals surface area (Å²) in [6.45, 7) is 4.32. The Labute approximate surface area is 123 Å². The predicted molar refractivity (Wildman–Crippen MR) is 79.3 cm³/mol. The minimum absolute atomic E-state index is 0.300. The second-order valence-corrected chi connectivity index (χ2v) is 5.08. The fourth-order valence-electron chi connectivity index (χ4n) is 2.26. The van der Waals surface area contributed by atoms with Gasteiger partial charge in [-0.3, -0.25) is 0 Å². The lowest BCUT2D eigenvalue weighted by Crippen LogP contribution is -2.19. The first kappa shape index (κ1) is 15.4. The van der Waals surface area contributed by atoms with Crippen LogP contribution in [0, 0.1) is 18.6 Å². The minimum atomic E-state index is -0.437. The molecule has 4 heteroatoms. The largest absolute Gasteiger partial charge is 0.496 e. The van der Waals surface area contributed by atoms with Crippen LogP contribution in [0.2, 0.25) is 0 Å². The number of hydrogen-bond acceptors (Lipinski definition) is 2. The van der Waals surface area contributed by atoms with E-state index in [1.165, 1.54) is 6.07 Å². The highest BCUT2D eigenvalue weighted by molar-refractivity contribution is 5.37. The fourth-order valence-corrected chi connectivity index (χ4v) is 2.26. The molecule has 2 rings (SSSR count). The van der Waals surface area contributed by atoms with Crippen LogP contribution in [0.15, 0.2) is 36.4 Å². The third-order valence-electron chi connectivity index (χ3n) is 3.46. The average Bonchev–Trinajstić information content (AvgIpc) is 2.47. The molecule has 0 heterocycles. The Morgan fingerprint density at radius 2 is 1.90 bits per heavy atom. The Morgan fingerprint density at radius 1 is 1.14 bits per heavy atom. The van der Waals surface area contributed by atoms with E-state index in [9.17, 15) is 8.78 Å². The number of nitrogens with one attached hydrogen (secondary N) is 1. The summed E-state index contributed by atoms with van der Waals surface area (Å²) in [6, 6.07) is 9.08. The van der Waals surface area contributed by atoms with Crippen LogP contribution in [0.1, 0.15) is 29.7 Å². The first-order valence-electron chi connectivity index (χ1n) is 6.83. The number of methoxy groups -OCH3 is 1. The molecule has 0 aromatic heterocycles. The van der Waals surface area contributed by atoms with Crippen LogP contribution in [-0.2, 0) is 6.54 Å². The molecular formula is C17H19F2NO. The maximum Gasteiger partial charge on any atom is 0.128 e. The van der Waals surface area contributed by atoms with E-state index in [0.29, 0.717) is 12.1 Å². The predicted octanol–water partition coefficient (Wildman–Crippen LogP) is 4.13. The van der Waals surface area contributed by atoms with E-state index in [1.807, 2.05) is 25.1 Å². The van der Waals surface area contributed by atoms with Crippen LogP contribution in [0.3, 0.4) is 0 Å². The molecule has 0 amide bonds. The molecule has 21 heavy (non-hydrogen) atoms. The van der Waals surface area contributed by atoms with Crippen molar-refractivity contribution in [2.45, 2.75) is 26.4 Å². The molecule has 0 fully saturated rings. The Balaban J connectivity index is 2.12. The van der Waals surface area contributed by atoms with E-state index in [-0.39, 0.29) is 6.04 Å². The SMILES string of the molecule is COc1ccc(C)cc1CNC(C)c1cc(F)ccc1F. The minimum Gasteiger partial charge on any atom is -0.496 e. The average molecular weight is 291 g/mol. The normalized spacial score (nSPS) is 12.2. The Morgan fingerprint density at radius 3 is 2.62 bits per heavy atom. The Kier molecular flexibility index (Phi) is 4.91. The molecule has 0 aliphatic rings. The molecule has 0 bridgehead atoms.